The molecule has 0 spiro atoms. The van der Waals surface area contributed by atoms with Crippen LogP contribution in [0.1, 0.15) is 23.2 Å². The Labute approximate surface area is 153 Å². The molecule has 2 amide bonds. The minimum Gasteiger partial charge on any atom is -0.508 e. The maximum Gasteiger partial charge on any atom is 0.256 e. The van der Waals surface area contributed by atoms with Gasteiger partial charge in [0.15, 0.2) is 5.82 Å². The maximum atomic E-state index is 12.6. The second kappa shape index (κ2) is 6.34. The number of carbonyl (C=O) groups excluding carboxylic acids is 2. The Bertz CT molecular complexity index is 1030. The predicted octanol–water partition coefficient (Wildman–Crippen LogP) is 3.30. The molecule has 0 bridgehead atoms. The fourth-order valence-corrected chi connectivity index (χ4v) is 3.27. The number of benzene rings is 2. The molecule has 2 aromatic carbocycles. The monoisotopic (exact) mass is 370 g/mol. The van der Waals surface area contributed by atoms with Gasteiger partial charge < -0.3 is 15.3 Å². The molecule has 0 aliphatic carbocycles. The van der Waals surface area contributed by atoms with Crippen LogP contribution in [0.15, 0.2) is 36.4 Å². The molecule has 1 fully saturated rings. The van der Waals surface area contributed by atoms with Gasteiger partial charge in [-0.3, -0.25) is 14.7 Å². The highest BCUT2D eigenvalue weighted by Crippen LogP contribution is 2.31. The molecule has 4 rings (SSSR count). The number of carbonyl (C=O) groups is 2. The number of fused-ring (bicyclic) bond motifs is 1. The van der Waals surface area contributed by atoms with Crippen LogP contribution in [-0.4, -0.2) is 33.7 Å². The maximum absolute atomic E-state index is 12.6. The Kier molecular flexibility index (Phi) is 4.00. The molecule has 26 heavy (non-hydrogen) atoms. The first-order valence-corrected chi connectivity index (χ1v) is 8.49. The van der Waals surface area contributed by atoms with Gasteiger partial charge in [0, 0.05) is 30.0 Å². The number of hydrogen-bond acceptors (Lipinski definition) is 4. The van der Waals surface area contributed by atoms with Crippen molar-refractivity contribution in [3.05, 3.63) is 47.0 Å². The molecule has 3 N–H and O–H groups in total. The van der Waals surface area contributed by atoms with Crippen LogP contribution in [0.5, 0.6) is 5.75 Å². The number of anilines is 2. The lowest BCUT2D eigenvalue weighted by atomic mass is 10.1. The molecule has 0 radical (unpaired) electrons. The summed E-state index contributed by atoms with van der Waals surface area (Å²) in [5, 5.41) is 20.2. The standard InChI is InChI=1S/C18H15ClN4O3/c19-13-6-3-10(8-15(13)23-7-1-2-16(23)25)18(26)20-17-12-5-4-11(24)9-14(12)21-22-17/h3-6,8-9,24H,1-2,7H2,(H2,20,21,22,26). The molecular weight excluding hydrogens is 356 g/mol. The molecule has 1 aromatic heterocycles. The van der Waals surface area contributed by atoms with Crippen LogP contribution in [0.4, 0.5) is 11.5 Å². The minimum atomic E-state index is -0.365. The van der Waals surface area contributed by atoms with Gasteiger partial charge in [0.1, 0.15) is 5.75 Å². The predicted molar refractivity (Wildman–Crippen MR) is 98.8 cm³/mol. The van der Waals surface area contributed by atoms with Gasteiger partial charge in [-0.1, -0.05) is 11.6 Å². The fraction of sp³-hybridized carbons (Fsp3) is 0.167. The van der Waals surface area contributed by atoms with E-state index < -0.39 is 0 Å². The summed E-state index contributed by atoms with van der Waals surface area (Å²) in [7, 11) is 0. The van der Waals surface area contributed by atoms with Crippen LogP contribution < -0.4 is 10.2 Å². The molecule has 7 nitrogen and oxygen atoms in total. The molecule has 1 aliphatic heterocycles. The summed E-state index contributed by atoms with van der Waals surface area (Å²) in [6.07, 6.45) is 1.26. The summed E-state index contributed by atoms with van der Waals surface area (Å²) >= 11 is 6.22. The van der Waals surface area contributed by atoms with Gasteiger partial charge in [-0.15, -0.1) is 0 Å². The number of hydrogen-bond donors (Lipinski definition) is 3. The number of nitrogens with zero attached hydrogens (tertiary/aromatic N) is 2. The fourth-order valence-electron chi connectivity index (χ4n) is 3.05. The molecule has 3 aromatic rings. The minimum absolute atomic E-state index is 0.00237. The zero-order valence-corrected chi connectivity index (χ0v) is 14.4. The van der Waals surface area contributed by atoms with E-state index in [4.69, 9.17) is 11.6 Å². The zero-order valence-electron chi connectivity index (χ0n) is 13.6. The van der Waals surface area contributed by atoms with Crippen LogP contribution in [-0.2, 0) is 4.79 Å². The number of H-pyrrole nitrogens is 1. The van der Waals surface area contributed by atoms with Gasteiger partial charge in [-0.05, 0) is 36.8 Å². The summed E-state index contributed by atoms with van der Waals surface area (Å²) in [6.45, 7) is 0.594. The topological polar surface area (TPSA) is 98.3 Å². The first kappa shape index (κ1) is 16.4. The Hall–Kier alpha value is -3.06. The number of amides is 2. The molecule has 2 heterocycles. The molecule has 0 unspecified atom stereocenters. The third-order valence-electron chi connectivity index (χ3n) is 4.35. The van der Waals surface area contributed by atoms with E-state index in [2.05, 4.69) is 15.5 Å². The van der Waals surface area contributed by atoms with E-state index in [0.717, 1.165) is 6.42 Å². The molecular formula is C18H15ClN4O3. The number of aromatic hydroxyl groups is 1. The third-order valence-corrected chi connectivity index (χ3v) is 4.67. The van der Waals surface area contributed by atoms with Crippen LogP contribution in [0, 0.1) is 0 Å². The lowest BCUT2D eigenvalue weighted by Gasteiger charge is -2.18. The molecule has 0 saturated carbocycles. The average molecular weight is 371 g/mol. The van der Waals surface area contributed by atoms with Gasteiger partial charge in [0.25, 0.3) is 5.91 Å². The van der Waals surface area contributed by atoms with E-state index in [0.29, 0.717) is 46.0 Å². The second-order valence-corrected chi connectivity index (χ2v) is 6.48. The summed E-state index contributed by atoms with van der Waals surface area (Å²) in [4.78, 5) is 26.2. The van der Waals surface area contributed by atoms with E-state index in [1.807, 2.05) is 0 Å². The van der Waals surface area contributed by atoms with Crippen molar-refractivity contribution in [1.29, 1.82) is 0 Å². The van der Waals surface area contributed by atoms with E-state index in [1.54, 1.807) is 29.2 Å². The van der Waals surface area contributed by atoms with Crippen molar-refractivity contribution in [3.63, 3.8) is 0 Å². The normalized spacial score (nSPS) is 14.2. The first-order valence-electron chi connectivity index (χ1n) is 8.11. The number of phenols is 1. The van der Waals surface area contributed by atoms with Crippen molar-refractivity contribution in [3.8, 4) is 5.75 Å². The van der Waals surface area contributed by atoms with Crippen LogP contribution in [0.3, 0.4) is 0 Å². The summed E-state index contributed by atoms with van der Waals surface area (Å²) < 4.78 is 0. The van der Waals surface area contributed by atoms with Crippen molar-refractivity contribution >= 4 is 45.8 Å². The van der Waals surface area contributed by atoms with Gasteiger partial charge >= 0.3 is 0 Å². The summed E-state index contributed by atoms with van der Waals surface area (Å²) in [6, 6.07) is 9.53. The molecule has 0 atom stereocenters. The van der Waals surface area contributed by atoms with Crippen LogP contribution >= 0.6 is 11.6 Å². The Morgan fingerprint density at radius 2 is 2.12 bits per heavy atom. The molecule has 8 heteroatoms. The van der Waals surface area contributed by atoms with Crippen molar-refractivity contribution in [2.75, 3.05) is 16.8 Å². The van der Waals surface area contributed by atoms with E-state index >= 15 is 0 Å². The van der Waals surface area contributed by atoms with Crippen LogP contribution in [0.2, 0.25) is 5.02 Å². The highest BCUT2D eigenvalue weighted by Gasteiger charge is 2.24. The zero-order chi connectivity index (χ0) is 18.3. The number of phenolic OH excluding ortho intramolecular Hbond substituents is 1. The summed E-state index contributed by atoms with van der Waals surface area (Å²) in [5.41, 5.74) is 1.53. The molecule has 132 valence electrons. The van der Waals surface area contributed by atoms with Crippen molar-refractivity contribution < 1.29 is 14.7 Å². The van der Waals surface area contributed by atoms with Gasteiger partial charge in [-0.2, -0.15) is 5.10 Å². The van der Waals surface area contributed by atoms with Crippen molar-refractivity contribution in [2.45, 2.75) is 12.8 Å². The van der Waals surface area contributed by atoms with Gasteiger partial charge in [-0.25, -0.2) is 0 Å². The average Bonchev–Trinajstić information content (AvgIpc) is 3.21. The number of aromatic amines is 1. The van der Waals surface area contributed by atoms with Crippen molar-refractivity contribution in [2.24, 2.45) is 0 Å². The number of nitrogens with one attached hydrogen (secondary N) is 2. The lowest BCUT2D eigenvalue weighted by Crippen LogP contribution is -2.24. The largest absolute Gasteiger partial charge is 0.508 e. The Balaban J connectivity index is 1.62. The highest BCUT2D eigenvalue weighted by molar-refractivity contribution is 6.34. The molecule has 1 saturated heterocycles. The number of aromatic nitrogens is 2. The highest BCUT2D eigenvalue weighted by atomic mass is 35.5. The summed E-state index contributed by atoms with van der Waals surface area (Å²) in [5.74, 6) is 0.106. The smallest absolute Gasteiger partial charge is 0.256 e. The Morgan fingerprint density at radius 1 is 1.27 bits per heavy atom. The number of halogens is 1. The lowest BCUT2D eigenvalue weighted by molar-refractivity contribution is -0.117. The van der Waals surface area contributed by atoms with Gasteiger partial charge in [0.05, 0.1) is 16.2 Å². The van der Waals surface area contributed by atoms with Crippen LogP contribution in [0.25, 0.3) is 10.9 Å². The van der Waals surface area contributed by atoms with E-state index in [-0.39, 0.29) is 17.6 Å². The number of rotatable bonds is 3. The van der Waals surface area contributed by atoms with E-state index in [1.165, 1.54) is 12.1 Å². The Morgan fingerprint density at radius 3 is 2.88 bits per heavy atom. The first-order chi connectivity index (χ1) is 12.5. The second-order valence-electron chi connectivity index (χ2n) is 6.07. The third kappa shape index (κ3) is 2.86. The SMILES string of the molecule is O=C(Nc1n[nH]c2cc(O)ccc12)c1ccc(Cl)c(N2CCCC2=O)c1. The quantitative estimate of drug-likeness (QED) is 0.658. The van der Waals surface area contributed by atoms with E-state index in [9.17, 15) is 14.7 Å². The molecule has 1 aliphatic rings. The van der Waals surface area contributed by atoms with Gasteiger partial charge in [0.2, 0.25) is 5.91 Å². The van der Waals surface area contributed by atoms with Crippen molar-refractivity contribution in [1.82, 2.24) is 10.2 Å².